The van der Waals surface area contributed by atoms with Crippen molar-refractivity contribution >= 4 is 11.9 Å². The standard InChI is InChI=1S/C43H71NO12/c1-43(2,31-9-14-34(15-10-31)54-36-20-22-38(23-21-36)56-52-27-29-6-4-3-5-28(29)26-51-50)30-7-12-33(13-8-30)53-35-16-18-37(19-17-35)55-42(47)39-24-11-32(44(48)49)25-40(39)41(45)46/h28-40,50H,3-27H2,1-2H3,(H,45,46). The number of nitrogens with zero attached hydrogens (tertiary/aromatic N) is 1. The summed E-state index contributed by atoms with van der Waals surface area (Å²) in [5.74, 6) is -1.43. The third-order valence-electron chi connectivity index (χ3n) is 15.3. The molecule has 320 valence electrons. The molecule has 0 aromatic heterocycles. The monoisotopic (exact) mass is 793 g/mol. The molecule has 0 radical (unpaired) electrons. The van der Waals surface area contributed by atoms with Gasteiger partial charge < -0.3 is 19.3 Å². The first-order chi connectivity index (χ1) is 27.0. The lowest BCUT2D eigenvalue weighted by molar-refractivity contribution is -0.528. The maximum atomic E-state index is 13.0. The van der Waals surface area contributed by atoms with Crippen LogP contribution < -0.4 is 0 Å². The van der Waals surface area contributed by atoms with Crippen LogP contribution in [-0.2, 0) is 38.5 Å². The van der Waals surface area contributed by atoms with Crippen molar-refractivity contribution in [2.75, 3.05) is 13.2 Å². The average molecular weight is 794 g/mol. The molecule has 0 aliphatic heterocycles. The van der Waals surface area contributed by atoms with Gasteiger partial charge in [-0.2, -0.15) is 0 Å². The van der Waals surface area contributed by atoms with E-state index in [9.17, 15) is 24.8 Å². The number of ether oxygens (including phenoxy) is 3. The van der Waals surface area contributed by atoms with E-state index < -0.39 is 34.7 Å². The van der Waals surface area contributed by atoms with Crippen molar-refractivity contribution in [2.45, 2.75) is 204 Å². The first-order valence-corrected chi connectivity index (χ1v) is 22.4. The van der Waals surface area contributed by atoms with Gasteiger partial charge in [-0.05, 0) is 151 Å². The van der Waals surface area contributed by atoms with Gasteiger partial charge >= 0.3 is 11.9 Å². The molecule has 6 saturated carbocycles. The van der Waals surface area contributed by atoms with Crippen molar-refractivity contribution in [1.29, 1.82) is 0 Å². The Morgan fingerprint density at radius 3 is 1.57 bits per heavy atom. The van der Waals surface area contributed by atoms with Crippen LogP contribution in [0.15, 0.2) is 0 Å². The smallest absolute Gasteiger partial charge is 0.310 e. The van der Waals surface area contributed by atoms with E-state index in [2.05, 4.69) is 18.7 Å². The Morgan fingerprint density at radius 1 is 0.625 bits per heavy atom. The summed E-state index contributed by atoms with van der Waals surface area (Å²) in [6.07, 6.45) is 22.1. The van der Waals surface area contributed by atoms with Gasteiger partial charge in [-0.15, -0.1) is 0 Å². The van der Waals surface area contributed by atoms with E-state index in [0.29, 0.717) is 61.9 Å². The van der Waals surface area contributed by atoms with Crippen molar-refractivity contribution < 1.29 is 53.7 Å². The number of esters is 1. The summed E-state index contributed by atoms with van der Waals surface area (Å²) in [4.78, 5) is 51.6. The number of nitro groups is 1. The van der Waals surface area contributed by atoms with Gasteiger partial charge in [0.05, 0.1) is 55.6 Å². The lowest BCUT2D eigenvalue weighted by atomic mass is 9.60. The second-order valence-corrected chi connectivity index (χ2v) is 19.1. The largest absolute Gasteiger partial charge is 0.481 e. The Labute approximate surface area is 333 Å². The first-order valence-electron chi connectivity index (χ1n) is 22.4. The molecular weight excluding hydrogens is 722 g/mol. The van der Waals surface area contributed by atoms with Crippen molar-refractivity contribution in [1.82, 2.24) is 0 Å². The van der Waals surface area contributed by atoms with E-state index in [0.717, 1.165) is 77.0 Å². The molecule has 2 N–H and O–H groups in total. The van der Waals surface area contributed by atoms with Crippen molar-refractivity contribution in [2.24, 2.45) is 40.9 Å². The van der Waals surface area contributed by atoms with Crippen molar-refractivity contribution in [3.8, 4) is 0 Å². The zero-order chi connectivity index (χ0) is 39.7. The Morgan fingerprint density at radius 2 is 1.09 bits per heavy atom. The minimum absolute atomic E-state index is 0.124. The van der Waals surface area contributed by atoms with E-state index >= 15 is 0 Å². The minimum atomic E-state index is -1.16. The van der Waals surface area contributed by atoms with Crippen molar-refractivity contribution in [3.63, 3.8) is 0 Å². The first kappa shape index (κ1) is 43.7. The summed E-state index contributed by atoms with van der Waals surface area (Å²) >= 11 is 0. The van der Waals surface area contributed by atoms with Gasteiger partial charge in [0.15, 0.2) is 0 Å². The van der Waals surface area contributed by atoms with Crippen LogP contribution in [0.2, 0.25) is 0 Å². The summed E-state index contributed by atoms with van der Waals surface area (Å²) < 4.78 is 19.1. The molecule has 0 aromatic rings. The zero-order valence-corrected chi connectivity index (χ0v) is 34.1. The molecule has 56 heavy (non-hydrogen) atoms. The Kier molecular flexibility index (Phi) is 16.3. The van der Waals surface area contributed by atoms with Crippen LogP contribution in [0.5, 0.6) is 0 Å². The van der Waals surface area contributed by atoms with Crippen LogP contribution in [0, 0.1) is 51.0 Å². The molecule has 13 nitrogen and oxygen atoms in total. The fraction of sp³-hybridized carbons (Fsp3) is 0.953. The number of hydrogen-bond donors (Lipinski definition) is 2. The molecule has 13 heteroatoms. The lowest BCUT2D eigenvalue weighted by Crippen LogP contribution is -2.42. The molecule has 0 amide bonds. The highest BCUT2D eigenvalue weighted by Crippen LogP contribution is 2.49. The number of carbonyl (C=O) groups is 2. The maximum Gasteiger partial charge on any atom is 0.310 e. The summed E-state index contributed by atoms with van der Waals surface area (Å²) in [7, 11) is 0. The number of aliphatic carboxylic acids is 1. The van der Waals surface area contributed by atoms with Crippen LogP contribution in [0.4, 0.5) is 0 Å². The average Bonchev–Trinajstić information content (AvgIpc) is 3.20. The molecule has 6 aliphatic carbocycles. The molecule has 0 bridgehead atoms. The fourth-order valence-electron chi connectivity index (χ4n) is 11.5. The van der Waals surface area contributed by atoms with Crippen LogP contribution in [0.1, 0.15) is 162 Å². The van der Waals surface area contributed by atoms with Gasteiger partial charge in [-0.1, -0.05) is 26.7 Å². The molecule has 0 saturated heterocycles. The third-order valence-corrected chi connectivity index (χ3v) is 15.3. The normalized spacial score (nSPS) is 38.7. The number of rotatable bonds is 16. The molecule has 6 aliphatic rings. The Hall–Kier alpha value is -1.90. The quantitative estimate of drug-likeness (QED) is 0.0660. The van der Waals surface area contributed by atoms with E-state index in [1.165, 1.54) is 38.5 Å². The van der Waals surface area contributed by atoms with E-state index in [-0.39, 0.29) is 49.1 Å². The van der Waals surface area contributed by atoms with E-state index in [1.54, 1.807) is 0 Å². The molecule has 6 fully saturated rings. The summed E-state index contributed by atoms with van der Waals surface area (Å²) in [5.41, 5.74) is 0.290. The van der Waals surface area contributed by atoms with Gasteiger partial charge in [-0.25, -0.2) is 14.7 Å². The zero-order valence-electron chi connectivity index (χ0n) is 34.1. The van der Waals surface area contributed by atoms with Crippen LogP contribution in [-0.4, -0.2) is 83.1 Å². The molecule has 0 aromatic carbocycles. The summed E-state index contributed by atoms with van der Waals surface area (Å²) in [6, 6.07) is -0.916. The Bertz CT molecular complexity index is 1230. The van der Waals surface area contributed by atoms with Crippen LogP contribution in [0.3, 0.4) is 0 Å². The minimum Gasteiger partial charge on any atom is -0.481 e. The maximum absolute atomic E-state index is 13.0. The molecule has 5 atom stereocenters. The lowest BCUT2D eigenvalue weighted by Gasteiger charge is -2.47. The summed E-state index contributed by atoms with van der Waals surface area (Å²) in [5, 5.41) is 29.8. The van der Waals surface area contributed by atoms with Gasteiger partial charge in [0.25, 0.3) is 0 Å². The SMILES string of the molecule is CC(C)(C1CCC(OC2CCC(OOCC3CCCCC3COO)CC2)CC1)C1CCC(OC2CCC(OC(=O)C3CCC([N+](=O)[O-])CC3C(=O)O)CC2)CC1. The second-order valence-electron chi connectivity index (χ2n) is 19.1. The third kappa shape index (κ3) is 11.9. The molecule has 0 heterocycles. The number of carbonyl (C=O) groups excluding carboxylic acids is 1. The Balaban J connectivity index is 0.825. The molecule has 0 spiro atoms. The molecule has 6 rings (SSSR count). The molecular formula is C43H71NO12. The number of hydrogen-bond acceptors (Lipinski definition) is 11. The highest BCUT2D eigenvalue weighted by Gasteiger charge is 2.45. The highest BCUT2D eigenvalue weighted by atomic mass is 17.2. The van der Waals surface area contributed by atoms with Crippen molar-refractivity contribution in [3.05, 3.63) is 10.1 Å². The van der Waals surface area contributed by atoms with E-state index in [4.69, 9.17) is 29.2 Å². The number of carboxylic acid groups (broad SMARTS) is 1. The van der Waals surface area contributed by atoms with Gasteiger partial charge in [0.1, 0.15) is 6.10 Å². The van der Waals surface area contributed by atoms with Gasteiger partial charge in [0, 0.05) is 17.8 Å². The molecule has 5 unspecified atom stereocenters. The van der Waals surface area contributed by atoms with Crippen LogP contribution in [0.25, 0.3) is 0 Å². The fourth-order valence-corrected chi connectivity index (χ4v) is 11.5. The number of carboxylic acids is 1. The summed E-state index contributed by atoms with van der Waals surface area (Å²) in [6.45, 7) is 5.95. The predicted octanol–water partition coefficient (Wildman–Crippen LogP) is 8.72. The predicted molar refractivity (Wildman–Crippen MR) is 206 cm³/mol. The van der Waals surface area contributed by atoms with E-state index in [1.807, 2.05) is 0 Å². The van der Waals surface area contributed by atoms with Crippen LogP contribution >= 0.6 is 0 Å². The topological polar surface area (TPSA) is 173 Å². The second kappa shape index (κ2) is 20.9. The van der Waals surface area contributed by atoms with Gasteiger partial charge in [0.2, 0.25) is 6.04 Å². The highest BCUT2D eigenvalue weighted by molar-refractivity contribution is 5.81. The van der Waals surface area contributed by atoms with Gasteiger partial charge in [-0.3, -0.25) is 25.0 Å².